The van der Waals surface area contributed by atoms with Crippen LogP contribution in [-0.4, -0.2) is 0 Å². The summed E-state index contributed by atoms with van der Waals surface area (Å²) in [7, 11) is 0. The zero-order valence-corrected chi connectivity index (χ0v) is 6.10. The zero-order valence-electron chi connectivity index (χ0n) is 4.17. The third-order valence-corrected chi connectivity index (χ3v) is 1.05. The minimum absolute atomic E-state index is 0. The molecule has 1 aromatic carbocycles. The van der Waals surface area contributed by atoms with Crippen molar-refractivity contribution in [2.45, 2.75) is 4.90 Å². The summed E-state index contributed by atoms with van der Waals surface area (Å²) in [6, 6.07) is 9.79. The molecular weight excluding hydrogens is 163 g/mol. The van der Waals surface area contributed by atoms with Gasteiger partial charge in [-0.1, -0.05) is 18.2 Å². The van der Waals surface area contributed by atoms with Gasteiger partial charge in [0.2, 0.25) is 0 Å². The third-order valence-electron chi connectivity index (χ3n) is 0.756. The quantitative estimate of drug-likeness (QED) is 0.564. The van der Waals surface area contributed by atoms with Crippen molar-refractivity contribution < 1.29 is 16.8 Å². The Morgan fingerprint density at radius 3 is 1.75 bits per heavy atom. The van der Waals surface area contributed by atoms with Crippen molar-refractivity contribution >= 4 is 12.6 Å². The predicted molar refractivity (Wildman–Crippen MR) is 33.7 cm³/mol. The molecule has 0 nitrogen and oxygen atoms in total. The maximum atomic E-state index is 4.08. The Balaban J connectivity index is 0.000000490. The summed E-state index contributed by atoms with van der Waals surface area (Å²) in [4.78, 5) is 1.02. The third kappa shape index (κ3) is 2.40. The fraction of sp³-hybridized carbons (Fsp3) is 0. The van der Waals surface area contributed by atoms with Gasteiger partial charge >= 0.3 is 0 Å². The monoisotopic (exact) mass is 169 g/mol. The van der Waals surface area contributed by atoms with Crippen LogP contribution in [0.2, 0.25) is 0 Å². The number of thiol groups is 1. The Labute approximate surface area is 64.9 Å². The largest absolute Gasteiger partial charge is 0.143 e. The summed E-state index contributed by atoms with van der Waals surface area (Å²) in [5.41, 5.74) is 0. The normalized spacial score (nSPS) is 7.62. The topological polar surface area (TPSA) is 0 Å². The Kier molecular flexibility index (Phi) is 4.04. The summed E-state index contributed by atoms with van der Waals surface area (Å²) in [5, 5.41) is 0. The molecule has 0 fully saturated rings. The molecule has 0 atom stereocenters. The van der Waals surface area contributed by atoms with Gasteiger partial charge in [-0.2, -0.15) is 0 Å². The Morgan fingerprint density at radius 2 is 1.50 bits per heavy atom. The molecule has 1 aromatic rings. The van der Waals surface area contributed by atoms with Gasteiger partial charge in [0, 0.05) is 21.7 Å². The number of benzene rings is 1. The fourth-order valence-electron chi connectivity index (χ4n) is 0.428. The summed E-state index contributed by atoms with van der Waals surface area (Å²) >= 11 is 4.08. The van der Waals surface area contributed by atoms with E-state index in [0.717, 1.165) is 4.90 Å². The van der Waals surface area contributed by atoms with E-state index in [1.165, 1.54) is 0 Å². The van der Waals surface area contributed by atoms with Gasteiger partial charge in [0.1, 0.15) is 0 Å². The summed E-state index contributed by atoms with van der Waals surface area (Å²) < 4.78 is 0. The van der Waals surface area contributed by atoms with Gasteiger partial charge in [-0.05, 0) is 12.1 Å². The Hall–Kier alpha value is 0.0765. The predicted octanol–water partition coefficient (Wildman–Crippen LogP) is 1.97. The SMILES string of the molecule is Sc1ccccc1.[Co]. The van der Waals surface area contributed by atoms with Crippen LogP contribution in [0.25, 0.3) is 0 Å². The average molecular weight is 169 g/mol. The maximum absolute atomic E-state index is 4.08. The van der Waals surface area contributed by atoms with Crippen LogP contribution in [0.4, 0.5) is 0 Å². The molecule has 0 aliphatic heterocycles. The van der Waals surface area contributed by atoms with Gasteiger partial charge in [-0.25, -0.2) is 0 Å². The minimum Gasteiger partial charge on any atom is -0.143 e. The van der Waals surface area contributed by atoms with E-state index < -0.39 is 0 Å². The van der Waals surface area contributed by atoms with E-state index in [9.17, 15) is 0 Å². The van der Waals surface area contributed by atoms with Crippen LogP contribution in [0.5, 0.6) is 0 Å². The van der Waals surface area contributed by atoms with E-state index in [2.05, 4.69) is 12.6 Å². The molecule has 0 heterocycles. The second-order valence-corrected chi connectivity index (χ2v) is 1.85. The molecule has 0 amide bonds. The molecule has 2 heteroatoms. The number of hydrogen-bond donors (Lipinski definition) is 1. The minimum atomic E-state index is 0. The van der Waals surface area contributed by atoms with Crippen molar-refractivity contribution in [3.8, 4) is 0 Å². The number of rotatable bonds is 0. The van der Waals surface area contributed by atoms with Crippen LogP contribution in [0.1, 0.15) is 0 Å². The van der Waals surface area contributed by atoms with Gasteiger partial charge in [-0.3, -0.25) is 0 Å². The van der Waals surface area contributed by atoms with Crippen molar-refractivity contribution in [1.82, 2.24) is 0 Å². The van der Waals surface area contributed by atoms with Crippen molar-refractivity contribution in [1.29, 1.82) is 0 Å². The molecule has 45 valence electrons. The molecule has 0 saturated carbocycles. The van der Waals surface area contributed by atoms with Crippen LogP contribution >= 0.6 is 12.6 Å². The first kappa shape index (κ1) is 8.08. The molecule has 0 saturated heterocycles. The molecule has 0 bridgehead atoms. The van der Waals surface area contributed by atoms with Gasteiger partial charge in [-0.15, -0.1) is 12.6 Å². The van der Waals surface area contributed by atoms with Crippen LogP contribution in [0.3, 0.4) is 0 Å². The van der Waals surface area contributed by atoms with Crippen LogP contribution in [0, 0.1) is 0 Å². The summed E-state index contributed by atoms with van der Waals surface area (Å²) in [6.07, 6.45) is 0. The van der Waals surface area contributed by atoms with E-state index in [0.29, 0.717) is 0 Å². The van der Waals surface area contributed by atoms with Crippen molar-refractivity contribution in [2.24, 2.45) is 0 Å². The van der Waals surface area contributed by atoms with Crippen LogP contribution in [0.15, 0.2) is 35.2 Å². The molecule has 0 spiro atoms. The standard InChI is InChI=1S/C6H6S.Co/c7-6-4-2-1-3-5-6;/h1-5,7H;. The fourth-order valence-corrected chi connectivity index (χ4v) is 0.600. The molecule has 0 N–H and O–H groups in total. The van der Waals surface area contributed by atoms with Crippen molar-refractivity contribution in [3.05, 3.63) is 30.3 Å². The smallest absolute Gasteiger partial charge is 0.00399 e. The van der Waals surface area contributed by atoms with E-state index in [4.69, 9.17) is 0 Å². The van der Waals surface area contributed by atoms with Crippen molar-refractivity contribution in [2.75, 3.05) is 0 Å². The maximum Gasteiger partial charge on any atom is 0.00399 e. The van der Waals surface area contributed by atoms with Gasteiger partial charge < -0.3 is 0 Å². The number of hydrogen-bond acceptors (Lipinski definition) is 1. The van der Waals surface area contributed by atoms with E-state index >= 15 is 0 Å². The second kappa shape index (κ2) is 4.01. The second-order valence-electron chi connectivity index (χ2n) is 1.34. The van der Waals surface area contributed by atoms with Crippen molar-refractivity contribution in [3.63, 3.8) is 0 Å². The first-order valence-electron chi connectivity index (χ1n) is 2.13. The Bertz CT molecular complexity index is 138. The molecule has 0 unspecified atom stereocenters. The first-order valence-corrected chi connectivity index (χ1v) is 2.58. The average Bonchev–Trinajstić information content (AvgIpc) is 1.69. The molecule has 0 aromatic heterocycles. The summed E-state index contributed by atoms with van der Waals surface area (Å²) in [6.45, 7) is 0. The summed E-state index contributed by atoms with van der Waals surface area (Å²) in [5.74, 6) is 0. The van der Waals surface area contributed by atoms with Crippen LogP contribution in [-0.2, 0) is 16.8 Å². The van der Waals surface area contributed by atoms with Gasteiger partial charge in [0.05, 0.1) is 0 Å². The molecule has 8 heavy (non-hydrogen) atoms. The zero-order chi connectivity index (χ0) is 5.11. The molecule has 1 rings (SSSR count). The van der Waals surface area contributed by atoms with Crippen LogP contribution < -0.4 is 0 Å². The van der Waals surface area contributed by atoms with Gasteiger partial charge in [0.15, 0.2) is 0 Å². The van der Waals surface area contributed by atoms with Gasteiger partial charge in [0.25, 0.3) is 0 Å². The van der Waals surface area contributed by atoms with E-state index in [1.54, 1.807) is 0 Å². The van der Waals surface area contributed by atoms with E-state index in [1.807, 2.05) is 30.3 Å². The Morgan fingerprint density at radius 1 is 1.00 bits per heavy atom. The van der Waals surface area contributed by atoms with E-state index in [-0.39, 0.29) is 16.8 Å². The molecule has 0 aliphatic carbocycles. The molecule has 1 radical (unpaired) electrons. The molecule has 0 aliphatic rings. The first-order chi connectivity index (χ1) is 3.39. The molecular formula is C6H6CoS.